The molecule has 26 heavy (non-hydrogen) atoms. The van der Waals surface area contributed by atoms with Gasteiger partial charge in [0, 0.05) is 26.2 Å². The monoisotopic (exact) mass is 360 g/mol. The Morgan fingerprint density at radius 2 is 1.85 bits per heavy atom. The molecule has 1 heterocycles. The van der Waals surface area contributed by atoms with E-state index in [1.165, 1.54) is 6.07 Å². The highest BCUT2D eigenvalue weighted by molar-refractivity contribution is 5.94. The van der Waals surface area contributed by atoms with Crippen LogP contribution in [0.4, 0.5) is 8.78 Å². The van der Waals surface area contributed by atoms with Gasteiger partial charge in [-0.05, 0) is 24.1 Å². The number of benzene rings is 2. The highest BCUT2D eigenvalue weighted by Gasteiger charge is 2.21. The van der Waals surface area contributed by atoms with Gasteiger partial charge in [0.25, 0.3) is 5.91 Å². The molecule has 1 aliphatic heterocycles. The van der Waals surface area contributed by atoms with Crippen molar-refractivity contribution in [1.82, 2.24) is 10.2 Å². The first kappa shape index (κ1) is 18.5. The number of amides is 1. The summed E-state index contributed by atoms with van der Waals surface area (Å²) in [5.41, 5.74) is 0.628. The predicted molar refractivity (Wildman–Crippen MR) is 94.9 cm³/mol. The first-order chi connectivity index (χ1) is 12.6. The minimum absolute atomic E-state index is 0.0482. The van der Waals surface area contributed by atoms with Crippen LogP contribution in [0.25, 0.3) is 0 Å². The van der Waals surface area contributed by atoms with Crippen molar-refractivity contribution in [3.63, 3.8) is 0 Å². The van der Waals surface area contributed by atoms with Crippen LogP contribution in [0.1, 0.15) is 28.4 Å². The molecule has 1 amide bonds. The highest BCUT2D eigenvalue weighted by atomic mass is 19.1. The highest BCUT2D eigenvalue weighted by Crippen LogP contribution is 2.21. The van der Waals surface area contributed by atoms with Crippen molar-refractivity contribution < 1.29 is 18.3 Å². The van der Waals surface area contributed by atoms with Gasteiger partial charge < -0.3 is 10.1 Å². The van der Waals surface area contributed by atoms with E-state index in [9.17, 15) is 13.6 Å². The lowest BCUT2D eigenvalue weighted by Crippen LogP contribution is -2.40. The van der Waals surface area contributed by atoms with E-state index < -0.39 is 23.1 Å². The molecule has 0 saturated carbocycles. The van der Waals surface area contributed by atoms with E-state index in [0.717, 1.165) is 37.3 Å². The summed E-state index contributed by atoms with van der Waals surface area (Å²) < 4.78 is 33.0. The van der Waals surface area contributed by atoms with Gasteiger partial charge in [0.15, 0.2) is 0 Å². The molecule has 0 spiro atoms. The summed E-state index contributed by atoms with van der Waals surface area (Å²) in [6.45, 7) is 3.43. The number of halogens is 2. The van der Waals surface area contributed by atoms with Crippen molar-refractivity contribution in [2.24, 2.45) is 0 Å². The van der Waals surface area contributed by atoms with E-state index in [4.69, 9.17) is 4.74 Å². The number of carbonyl (C=O) groups excluding carboxylic acids is 1. The zero-order chi connectivity index (χ0) is 18.4. The number of hydrogen-bond acceptors (Lipinski definition) is 3. The lowest BCUT2D eigenvalue weighted by atomic mass is 10.1. The average Bonchev–Trinajstić information content (AvgIpc) is 2.66. The van der Waals surface area contributed by atoms with Gasteiger partial charge in [-0.3, -0.25) is 9.69 Å². The first-order valence-electron chi connectivity index (χ1n) is 8.76. The summed E-state index contributed by atoms with van der Waals surface area (Å²) in [5, 5.41) is 2.59. The number of morpholine rings is 1. The topological polar surface area (TPSA) is 41.6 Å². The molecule has 6 heteroatoms. The molecule has 1 aliphatic rings. The van der Waals surface area contributed by atoms with Crippen LogP contribution in [-0.2, 0) is 4.74 Å². The SMILES string of the molecule is O=C(NCCCN1CCO[C@@H](c2ccccc2)C1)c1c(F)cccc1F. The fraction of sp³-hybridized carbons (Fsp3) is 0.350. The Labute approximate surface area is 151 Å². The number of ether oxygens (including phenoxy) is 1. The van der Waals surface area contributed by atoms with Gasteiger partial charge >= 0.3 is 0 Å². The molecule has 1 saturated heterocycles. The summed E-state index contributed by atoms with van der Waals surface area (Å²) in [4.78, 5) is 14.2. The number of hydrogen-bond donors (Lipinski definition) is 1. The number of rotatable bonds is 6. The molecule has 1 atom stereocenters. The van der Waals surface area contributed by atoms with Crippen molar-refractivity contribution in [1.29, 1.82) is 0 Å². The number of carbonyl (C=O) groups is 1. The van der Waals surface area contributed by atoms with Crippen LogP contribution >= 0.6 is 0 Å². The summed E-state index contributed by atoms with van der Waals surface area (Å²) in [6, 6.07) is 13.5. The minimum Gasteiger partial charge on any atom is -0.371 e. The molecule has 138 valence electrons. The van der Waals surface area contributed by atoms with Gasteiger partial charge in [0.1, 0.15) is 17.2 Å². The van der Waals surface area contributed by atoms with E-state index in [-0.39, 0.29) is 6.10 Å². The molecule has 0 aliphatic carbocycles. The zero-order valence-electron chi connectivity index (χ0n) is 14.5. The Morgan fingerprint density at radius 3 is 2.58 bits per heavy atom. The standard InChI is InChI=1S/C20H22F2N2O2/c21-16-8-4-9-17(22)19(16)20(25)23-10-5-11-24-12-13-26-18(14-24)15-6-2-1-3-7-15/h1-4,6-9,18H,5,10-14H2,(H,23,25)/t18-/m1/s1. The van der Waals surface area contributed by atoms with Crippen LogP contribution < -0.4 is 5.32 Å². The summed E-state index contributed by atoms with van der Waals surface area (Å²) in [5.74, 6) is -2.41. The van der Waals surface area contributed by atoms with E-state index in [0.29, 0.717) is 19.6 Å². The Kier molecular flexibility index (Phi) is 6.30. The van der Waals surface area contributed by atoms with Crippen LogP contribution in [0.3, 0.4) is 0 Å². The molecule has 2 aromatic carbocycles. The minimum atomic E-state index is -0.846. The van der Waals surface area contributed by atoms with Crippen molar-refractivity contribution in [2.45, 2.75) is 12.5 Å². The third-order valence-corrected chi connectivity index (χ3v) is 4.45. The van der Waals surface area contributed by atoms with Crippen LogP contribution in [0.15, 0.2) is 48.5 Å². The molecule has 4 nitrogen and oxygen atoms in total. The third-order valence-electron chi connectivity index (χ3n) is 4.45. The molecule has 3 rings (SSSR count). The molecule has 2 aromatic rings. The quantitative estimate of drug-likeness (QED) is 0.805. The lowest BCUT2D eigenvalue weighted by molar-refractivity contribution is -0.0301. The fourth-order valence-electron chi connectivity index (χ4n) is 3.08. The van der Waals surface area contributed by atoms with Crippen molar-refractivity contribution in [3.8, 4) is 0 Å². The Morgan fingerprint density at radius 1 is 1.12 bits per heavy atom. The smallest absolute Gasteiger partial charge is 0.257 e. The zero-order valence-corrected chi connectivity index (χ0v) is 14.5. The largest absolute Gasteiger partial charge is 0.371 e. The van der Waals surface area contributed by atoms with E-state index >= 15 is 0 Å². The van der Waals surface area contributed by atoms with Gasteiger partial charge in [-0.25, -0.2) is 8.78 Å². The average molecular weight is 360 g/mol. The van der Waals surface area contributed by atoms with E-state index in [1.807, 2.05) is 18.2 Å². The second kappa shape index (κ2) is 8.87. The van der Waals surface area contributed by atoms with Crippen LogP contribution in [-0.4, -0.2) is 43.6 Å². The summed E-state index contributed by atoms with van der Waals surface area (Å²) in [7, 11) is 0. The molecule has 1 N–H and O–H groups in total. The van der Waals surface area contributed by atoms with Crippen LogP contribution in [0, 0.1) is 11.6 Å². The molecule has 1 fully saturated rings. The van der Waals surface area contributed by atoms with E-state index in [2.05, 4.69) is 22.3 Å². The molecular weight excluding hydrogens is 338 g/mol. The van der Waals surface area contributed by atoms with Gasteiger partial charge in [0.05, 0.1) is 12.7 Å². The molecular formula is C20H22F2N2O2. The Hall–Kier alpha value is -2.31. The molecule has 0 aromatic heterocycles. The fourth-order valence-corrected chi connectivity index (χ4v) is 3.08. The second-order valence-electron chi connectivity index (χ2n) is 6.28. The van der Waals surface area contributed by atoms with Crippen molar-refractivity contribution in [3.05, 3.63) is 71.3 Å². The maximum absolute atomic E-state index is 13.6. The third kappa shape index (κ3) is 4.65. The first-order valence-corrected chi connectivity index (χ1v) is 8.76. The van der Waals surface area contributed by atoms with Gasteiger partial charge in [-0.2, -0.15) is 0 Å². The second-order valence-corrected chi connectivity index (χ2v) is 6.28. The molecule has 0 unspecified atom stereocenters. The van der Waals surface area contributed by atoms with Crippen LogP contribution in [0.2, 0.25) is 0 Å². The lowest BCUT2D eigenvalue weighted by Gasteiger charge is -2.33. The number of nitrogens with one attached hydrogen (secondary N) is 1. The molecule has 0 radical (unpaired) electrons. The predicted octanol–water partition coefficient (Wildman–Crippen LogP) is 3.16. The number of nitrogens with zero attached hydrogens (tertiary/aromatic N) is 1. The van der Waals surface area contributed by atoms with E-state index in [1.54, 1.807) is 0 Å². The van der Waals surface area contributed by atoms with Crippen molar-refractivity contribution >= 4 is 5.91 Å². The van der Waals surface area contributed by atoms with Gasteiger partial charge in [-0.15, -0.1) is 0 Å². The maximum Gasteiger partial charge on any atom is 0.257 e. The van der Waals surface area contributed by atoms with Crippen molar-refractivity contribution in [2.75, 3.05) is 32.8 Å². The maximum atomic E-state index is 13.6. The summed E-state index contributed by atoms with van der Waals surface area (Å²) >= 11 is 0. The van der Waals surface area contributed by atoms with Crippen LogP contribution in [0.5, 0.6) is 0 Å². The summed E-state index contributed by atoms with van der Waals surface area (Å²) in [6.07, 6.45) is 0.746. The molecule has 0 bridgehead atoms. The normalized spacial score (nSPS) is 17.8. The van der Waals surface area contributed by atoms with Gasteiger partial charge in [0.2, 0.25) is 0 Å². The Bertz CT molecular complexity index is 720. The Balaban J connectivity index is 1.44. The van der Waals surface area contributed by atoms with Gasteiger partial charge in [-0.1, -0.05) is 36.4 Å².